The quantitative estimate of drug-likeness (QED) is 0.813. The van der Waals surface area contributed by atoms with Gasteiger partial charge in [0, 0.05) is 37.9 Å². The topological polar surface area (TPSA) is 50.2 Å². The van der Waals surface area contributed by atoms with Crippen molar-refractivity contribution in [3.05, 3.63) is 65.0 Å². The van der Waals surface area contributed by atoms with Gasteiger partial charge in [-0.05, 0) is 31.7 Å². The smallest absolute Gasteiger partial charge is 0.274 e. The van der Waals surface area contributed by atoms with E-state index in [1.54, 1.807) is 19.0 Å². The SMILES string of the molecule is C=CCn1nc(C(=O)N(C)C)c2c1CCC(NCc1cccc(C)c1)C2. The van der Waals surface area contributed by atoms with Crippen LogP contribution in [0, 0.1) is 6.92 Å². The van der Waals surface area contributed by atoms with Gasteiger partial charge in [0.25, 0.3) is 5.91 Å². The summed E-state index contributed by atoms with van der Waals surface area (Å²) in [5.41, 5.74) is 5.44. The average molecular weight is 352 g/mol. The number of aromatic nitrogens is 2. The van der Waals surface area contributed by atoms with Crippen LogP contribution in [-0.4, -0.2) is 40.7 Å². The first-order valence-corrected chi connectivity index (χ1v) is 9.19. The van der Waals surface area contributed by atoms with Crippen LogP contribution in [0.4, 0.5) is 0 Å². The lowest BCUT2D eigenvalue weighted by atomic mass is 9.91. The Morgan fingerprint density at radius 3 is 2.96 bits per heavy atom. The van der Waals surface area contributed by atoms with Crippen LogP contribution in [0.1, 0.15) is 39.3 Å². The maximum absolute atomic E-state index is 12.6. The van der Waals surface area contributed by atoms with E-state index >= 15 is 0 Å². The zero-order chi connectivity index (χ0) is 18.7. The number of hydrogen-bond acceptors (Lipinski definition) is 3. The van der Waals surface area contributed by atoms with Gasteiger partial charge >= 0.3 is 0 Å². The molecule has 0 spiro atoms. The first kappa shape index (κ1) is 18.4. The molecule has 26 heavy (non-hydrogen) atoms. The number of benzene rings is 1. The Kier molecular flexibility index (Phi) is 5.57. The van der Waals surface area contributed by atoms with Crippen molar-refractivity contribution in [1.29, 1.82) is 0 Å². The van der Waals surface area contributed by atoms with Crippen molar-refractivity contribution >= 4 is 5.91 Å². The summed E-state index contributed by atoms with van der Waals surface area (Å²) < 4.78 is 1.94. The van der Waals surface area contributed by atoms with Gasteiger partial charge in [-0.2, -0.15) is 5.10 Å². The van der Waals surface area contributed by atoms with Gasteiger partial charge in [-0.3, -0.25) is 9.48 Å². The summed E-state index contributed by atoms with van der Waals surface area (Å²) >= 11 is 0. The Balaban J connectivity index is 1.77. The summed E-state index contributed by atoms with van der Waals surface area (Å²) in [5.74, 6) is -0.0246. The van der Waals surface area contributed by atoms with Gasteiger partial charge in [0.1, 0.15) is 0 Å². The molecule has 0 bridgehead atoms. The molecule has 3 rings (SSSR count). The Labute approximate surface area is 155 Å². The Morgan fingerprint density at radius 2 is 2.27 bits per heavy atom. The molecule has 5 heteroatoms. The molecular weight excluding hydrogens is 324 g/mol. The second kappa shape index (κ2) is 7.87. The number of hydrogen-bond donors (Lipinski definition) is 1. The minimum Gasteiger partial charge on any atom is -0.343 e. The van der Waals surface area contributed by atoms with E-state index in [-0.39, 0.29) is 5.91 Å². The molecule has 1 aliphatic rings. The van der Waals surface area contributed by atoms with E-state index in [0.717, 1.165) is 31.4 Å². The van der Waals surface area contributed by atoms with Crippen LogP contribution in [0.3, 0.4) is 0 Å². The molecule has 1 atom stereocenters. The molecule has 1 heterocycles. The van der Waals surface area contributed by atoms with Gasteiger partial charge in [0.15, 0.2) is 5.69 Å². The fourth-order valence-electron chi connectivity index (χ4n) is 3.60. The number of nitrogens with one attached hydrogen (secondary N) is 1. The lowest BCUT2D eigenvalue weighted by Gasteiger charge is -2.25. The molecule has 1 aliphatic carbocycles. The third kappa shape index (κ3) is 3.88. The maximum atomic E-state index is 12.6. The van der Waals surface area contributed by atoms with E-state index in [9.17, 15) is 4.79 Å². The molecular formula is C21H28N4O. The summed E-state index contributed by atoms with van der Waals surface area (Å²) in [5, 5.41) is 8.25. The first-order chi connectivity index (χ1) is 12.5. The van der Waals surface area contributed by atoms with E-state index in [0.29, 0.717) is 18.3 Å². The predicted octanol–water partition coefficient (Wildman–Crippen LogP) is 2.73. The molecule has 0 fully saturated rings. The van der Waals surface area contributed by atoms with Crippen LogP contribution in [0.5, 0.6) is 0 Å². The standard InChI is InChI=1S/C21H28N4O/c1-5-11-25-19-10-9-17(22-14-16-8-6-7-15(2)12-16)13-18(19)20(23-25)21(26)24(3)4/h5-8,12,17,22H,1,9-11,13-14H2,2-4H3. The lowest BCUT2D eigenvalue weighted by Crippen LogP contribution is -2.35. The molecule has 0 aliphatic heterocycles. The van der Waals surface area contributed by atoms with Gasteiger partial charge < -0.3 is 10.2 Å². The van der Waals surface area contributed by atoms with E-state index in [4.69, 9.17) is 0 Å². The highest BCUT2D eigenvalue weighted by Crippen LogP contribution is 2.26. The van der Waals surface area contributed by atoms with Crippen molar-refractivity contribution < 1.29 is 4.79 Å². The van der Waals surface area contributed by atoms with Crippen LogP contribution in [0.25, 0.3) is 0 Å². The zero-order valence-corrected chi connectivity index (χ0v) is 16.0. The molecule has 138 valence electrons. The third-order valence-corrected chi connectivity index (χ3v) is 4.93. The summed E-state index contributed by atoms with van der Waals surface area (Å²) in [7, 11) is 3.55. The third-order valence-electron chi connectivity index (χ3n) is 4.93. The van der Waals surface area contributed by atoms with Crippen molar-refractivity contribution in [2.75, 3.05) is 14.1 Å². The second-order valence-electron chi connectivity index (χ2n) is 7.25. The van der Waals surface area contributed by atoms with Crippen LogP contribution in [-0.2, 0) is 25.9 Å². The van der Waals surface area contributed by atoms with Gasteiger partial charge in [-0.15, -0.1) is 6.58 Å². The normalized spacial score (nSPS) is 16.2. The molecule has 1 aromatic carbocycles. The van der Waals surface area contributed by atoms with Gasteiger partial charge in [-0.1, -0.05) is 35.9 Å². The summed E-state index contributed by atoms with van der Waals surface area (Å²) in [6, 6.07) is 8.93. The van der Waals surface area contributed by atoms with Crippen LogP contribution in [0.2, 0.25) is 0 Å². The van der Waals surface area contributed by atoms with Crippen molar-refractivity contribution in [2.24, 2.45) is 0 Å². The number of nitrogens with zero attached hydrogens (tertiary/aromatic N) is 3. The van der Waals surface area contributed by atoms with Crippen molar-refractivity contribution in [3.63, 3.8) is 0 Å². The molecule has 1 amide bonds. The number of amides is 1. The first-order valence-electron chi connectivity index (χ1n) is 9.19. The summed E-state index contributed by atoms with van der Waals surface area (Å²) in [4.78, 5) is 14.2. The minimum absolute atomic E-state index is 0.0246. The maximum Gasteiger partial charge on any atom is 0.274 e. The van der Waals surface area contributed by atoms with Gasteiger partial charge in [0.05, 0.1) is 6.54 Å². The molecule has 5 nitrogen and oxygen atoms in total. The van der Waals surface area contributed by atoms with Crippen LogP contribution in [0.15, 0.2) is 36.9 Å². The van der Waals surface area contributed by atoms with Crippen molar-refractivity contribution in [3.8, 4) is 0 Å². The van der Waals surface area contributed by atoms with E-state index in [1.165, 1.54) is 16.8 Å². The van der Waals surface area contributed by atoms with Gasteiger partial charge in [-0.25, -0.2) is 0 Å². The fourth-order valence-corrected chi connectivity index (χ4v) is 3.60. The van der Waals surface area contributed by atoms with Gasteiger partial charge in [0.2, 0.25) is 0 Å². The molecule has 0 radical (unpaired) electrons. The van der Waals surface area contributed by atoms with Crippen molar-refractivity contribution in [2.45, 2.75) is 45.3 Å². The summed E-state index contributed by atoms with van der Waals surface area (Å²) in [6.45, 7) is 7.42. The Bertz CT molecular complexity index is 806. The van der Waals surface area contributed by atoms with E-state index < -0.39 is 0 Å². The second-order valence-corrected chi connectivity index (χ2v) is 7.25. The molecule has 1 aromatic heterocycles. The van der Waals surface area contributed by atoms with Crippen LogP contribution >= 0.6 is 0 Å². The highest BCUT2D eigenvalue weighted by atomic mass is 16.2. The number of aryl methyl sites for hydroxylation is 1. The molecule has 2 aromatic rings. The predicted molar refractivity (Wildman–Crippen MR) is 104 cm³/mol. The van der Waals surface area contributed by atoms with E-state index in [2.05, 4.69) is 48.2 Å². The average Bonchev–Trinajstić information content (AvgIpc) is 2.97. The number of carbonyl (C=O) groups is 1. The number of carbonyl (C=O) groups excluding carboxylic acids is 1. The molecule has 0 saturated heterocycles. The van der Waals surface area contributed by atoms with Crippen LogP contribution < -0.4 is 5.32 Å². The highest BCUT2D eigenvalue weighted by molar-refractivity contribution is 5.93. The van der Waals surface area contributed by atoms with Crippen molar-refractivity contribution in [1.82, 2.24) is 20.0 Å². The molecule has 1 unspecified atom stereocenters. The number of fused-ring (bicyclic) bond motifs is 1. The minimum atomic E-state index is -0.0246. The number of rotatable bonds is 6. The monoisotopic (exact) mass is 352 g/mol. The lowest BCUT2D eigenvalue weighted by molar-refractivity contribution is 0.0820. The fraction of sp³-hybridized carbons (Fsp3) is 0.429. The zero-order valence-electron chi connectivity index (χ0n) is 16.0. The molecule has 0 saturated carbocycles. The van der Waals surface area contributed by atoms with E-state index in [1.807, 2.05) is 10.8 Å². The largest absolute Gasteiger partial charge is 0.343 e. The number of allylic oxidation sites excluding steroid dienone is 1. The summed E-state index contributed by atoms with van der Waals surface area (Å²) in [6.07, 6.45) is 4.66. The Hall–Kier alpha value is -2.40. The highest BCUT2D eigenvalue weighted by Gasteiger charge is 2.29. The molecule has 1 N–H and O–H groups in total. The Morgan fingerprint density at radius 1 is 1.46 bits per heavy atom.